The lowest BCUT2D eigenvalue weighted by molar-refractivity contribution is 0.0940. The van der Waals surface area contributed by atoms with Gasteiger partial charge in [0.05, 0.1) is 0 Å². The molecule has 0 atom stereocenters. The van der Waals surface area contributed by atoms with Crippen molar-refractivity contribution in [3.8, 4) is 0 Å². The molecule has 0 fully saturated rings. The Kier molecular flexibility index (Phi) is 7.19. The minimum absolute atomic E-state index is 0.00561. The van der Waals surface area contributed by atoms with Crippen molar-refractivity contribution in [2.24, 2.45) is 0 Å². The van der Waals surface area contributed by atoms with Crippen molar-refractivity contribution in [3.05, 3.63) is 34.9 Å². The van der Waals surface area contributed by atoms with E-state index >= 15 is 0 Å². The maximum Gasteiger partial charge on any atom is 0.251 e. The smallest absolute Gasteiger partial charge is 0.251 e. The van der Waals surface area contributed by atoms with Gasteiger partial charge in [0.15, 0.2) is 0 Å². The summed E-state index contributed by atoms with van der Waals surface area (Å²) in [5.74, 6) is 0.00561. The molecule has 0 heterocycles. The van der Waals surface area contributed by atoms with Crippen LogP contribution in [0.4, 0.5) is 0 Å². The average Bonchev–Trinajstić information content (AvgIpc) is 2.37. The van der Waals surface area contributed by atoms with Crippen LogP contribution < -0.4 is 5.32 Å². The van der Waals surface area contributed by atoms with E-state index in [1.807, 2.05) is 32.0 Å². The van der Waals surface area contributed by atoms with Gasteiger partial charge in [-0.3, -0.25) is 4.79 Å². The van der Waals surface area contributed by atoms with Crippen LogP contribution in [0.1, 0.15) is 47.7 Å². The molecular formula is C16H25NO2. The second-order valence-corrected chi connectivity index (χ2v) is 4.89. The molecule has 1 N–H and O–H groups in total. The molecule has 106 valence electrons. The molecule has 19 heavy (non-hydrogen) atoms. The lowest BCUT2D eigenvalue weighted by Gasteiger charge is -2.08. The van der Waals surface area contributed by atoms with E-state index in [2.05, 4.69) is 12.2 Å². The number of rotatable bonds is 8. The Balaban J connectivity index is 2.24. The number of unbranched alkanes of at least 4 members (excludes halogenated alkanes) is 1. The van der Waals surface area contributed by atoms with Crippen molar-refractivity contribution in [1.29, 1.82) is 0 Å². The summed E-state index contributed by atoms with van der Waals surface area (Å²) in [6.07, 6.45) is 3.12. The van der Waals surface area contributed by atoms with Crippen molar-refractivity contribution >= 4 is 5.91 Å². The first-order valence-electron chi connectivity index (χ1n) is 7.08. The Morgan fingerprint density at radius 1 is 1.21 bits per heavy atom. The number of carbonyl (C=O) groups excluding carboxylic acids is 1. The van der Waals surface area contributed by atoms with Crippen LogP contribution in [-0.2, 0) is 4.74 Å². The minimum Gasteiger partial charge on any atom is -0.381 e. The molecule has 0 radical (unpaired) electrons. The molecule has 0 spiro atoms. The highest BCUT2D eigenvalue weighted by molar-refractivity contribution is 5.95. The Morgan fingerprint density at radius 2 is 1.95 bits per heavy atom. The topological polar surface area (TPSA) is 38.3 Å². The lowest BCUT2D eigenvalue weighted by atomic mass is 10.1. The lowest BCUT2D eigenvalue weighted by Crippen LogP contribution is -2.26. The molecule has 0 unspecified atom stereocenters. The van der Waals surface area contributed by atoms with Crippen LogP contribution in [0.5, 0.6) is 0 Å². The molecule has 1 rings (SSSR count). The highest BCUT2D eigenvalue weighted by atomic mass is 16.5. The summed E-state index contributed by atoms with van der Waals surface area (Å²) in [7, 11) is 0. The molecule has 3 nitrogen and oxygen atoms in total. The van der Waals surface area contributed by atoms with Crippen molar-refractivity contribution in [3.63, 3.8) is 0 Å². The maximum absolute atomic E-state index is 12.0. The van der Waals surface area contributed by atoms with Crippen LogP contribution in [0.25, 0.3) is 0 Å². The number of carbonyl (C=O) groups is 1. The zero-order valence-corrected chi connectivity index (χ0v) is 12.3. The summed E-state index contributed by atoms with van der Waals surface area (Å²) in [4.78, 5) is 12.0. The molecule has 1 amide bonds. The van der Waals surface area contributed by atoms with Gasteiger partial charge in [0.2, 0.25) is 0 Å². The summed E-state index contributed by atoms with van der Waals surface area (Å²) >= 11 is 0. The molecule has 0 aliphatic heterocycles. The maximum atomic E-state index is 12.0. The second-order valence-electron chi connectivity index (χ2n) is 4.89. The Labute approximate surface area is 116 Å². The molecule has 0 saturated heterocycles. The second kappa shape index (κ2) is 8.70. The predicted octanol–water partition coefficient (Wildman–Crippen LogP) is 3.24. The number of aryl methyl sites for hydroxylation is 2. The summed E-state index contributed by atoms with van der Waals surface area (Å²) < 4.78 is 5.45. The fourth-order valence-electron chi connectivity index (χ4n) is 1.89. The van der Waals surface area contributed by atoms with Gasteiger partial charge >= 0.3 is 0 Å². The average molecular weight is 263 g/mol. The van der Waals surface area contributed by atoms with E-state index in [9.17, 15) is 4.79 Å². The van der Waals surface area contributed by atoms with E-state index in [-0.39, 0.29) is 5.91 Å². The number of hydrogen-bond acceptors (Lipinski definition) is 2. The van der Waals surface area contributed by atoms with Crippen LogP contribution in [-0.4, -0.2) is 25.7 Å². The van der Waals surface area contributed by atoms with Crippen molar-refractivity contribution in [2.75, 3.05) is 19.8 Å². The van der Waals surface area contributed by atoms with Crippen molar-refractivity contribution in [1.82, 2.24) is 5.32 Å². The summed E-state index contributed by atoms with van der Waals surface area (Å²) in [5, 5.41) is 2.93. The molecule has 1 aromatic carbocycles. The molecule has 1 aromatic rings. The number of amides is 1. The summed E-state index contributed by atoms with van der Waals surface area (Å²) in [6.45, 7) is 8.35. The van der Waals surface area contributed by atoms with Crippen LogP contribution in [0, 0.1) is 13.8 Å². The Hall–Kier alpha value is -1.35. The van der Waals surface area contributed by atoms with E-state index in [1.165, 1.54) is 5.56 Å². The molecular weight excluding hydrogens is 238 g/mol. The van der Waals surface area contributed by atoms with E-state index in [1.54, 1.807) is 0 Å². The van der Waals surface area contributed by atoms with Crippen molar-refractivity contribution < 1.29 is 9.53 Å². The molecule has 0 aliphatic rings. The number of benzene rings is 1. The standard InChI is InChI=1S/C16H25NO2/c1-4-5-10-19-11-6-9-17-16(18)15-8-7-13(2)12-14(15)3/h7-8,12H,4-6,9-11H2,1-3H3,(H,17,18). The van der Waals surface area contributed by atoms with Gasteiger partial charge in [0.25, 0.3) is 5.91 Å². The van der Waals surface area contributed by atoms with Crippen LogP contribution in [0.2, 0.25) is 0 Å². The number of nitrogens with one attached hydrogen (secondary N) is 1. The van der Waals surface area contributed by atoms with Gasteiger partial charge in [0, 0.05) is 25.3 Å². The van der Waals surface area contributed by atoms with E-state index in [0.717, 1.165) is 37.0 Å². The van der Waals surface area contributed by atoms with Gasteiger partial charge in [-0.1, -0.05) is 31.0 Å². The highest BCUT2D eigenvalue weighted by Gasteiger charge is 2.07. The zero-order valence-electron chi connectivity index (χ0n) is 12.3. The molecule has 0 aliphatic carbocycles. The fourth-order valence-corrected chi connectivity index (χ4v) is 1.89. The quantitative estimate of drug-likeness (QED) is 0.731. The first-order valence-corrected chi connectivity index (χ1v) is 7.08. The third kappa shape index (κ3) is 5.88. The third-order valence-electron chi connectivity index (χ3n) is 3.02. The van der Waals surface area contributed by atoms with Gasteiger partial charge in [-0.15, -0.1) is 0 Å². The van der Waals surface area contributed by atoms with Gasteiger partial charge in [-0.05, 0) is 38.3 Å². The van der Waals surface area contributed by atoms with Crippen molar-refractivity contribution in [2.45, 2.75) is 40.0 Å². The van der Waals surface area contributed by atoms with Gasteiger partial charge in [-0.25, -0.2) is 0 Å². The summed E-state index contributed by atoms with van der Waals surface area (Å²) in [6, 6.07) is 5.89. The SMILES string of the molecule is CCCCOCCCNC(=O)c1ccc(C)cc1C. The first-order chi connectivity index (χ1) is 9.15. The zero-order chi connectivity index (χ0) is 14.1. The fraction of sp³-hybridized carbons (Fsp3) is 0.562. The monoisotopic (exact) mass is 263 g/mol. The molecule has 3 heteroatoms. The largest absolute Gasteiger partial charge is 0.381 e. The normalized spacial score (nSPS) is 10.5. The van der Waals surface area contributed by atoms with Crippen LogP contribution in [0.15, 0.2) is 18.2 Å². The molecule has 0 saturated carbocycles. The van der Waals surface area contributed by atoms with Gasteiger partial charge < -0.3 is 10.1 Å². The first kappa shape index (κ1) is 15.7. The number of ether oxygens (including phenoxy) is 1. The minimum atomic E-state index is 0.00561. The van der Waals surface area contributed by atoms with E-state index in [4.69, 9.17) is 4.74 Å². The van der Waals surface area contributed by atoms with E-state index < -0.39 is 0 Å². The Bertz CT molecular complexity index is 402. The van der Waals surface area contributed by atoms with Crippen LogP contribution in [0.3, 0.4) is 0 Å². The Morgan fingerprint density at radius 3 is 2.63 bits per heavy atom. The number of hydrogen-bond donors (Lipinski definition) is 1. The summed E-state index contributed by atoms with van der Waals surface area (Å²) in [5.41, 5.74) is 2.97. The third-order valence-corrected chi connectivity index (χ3v) is 3.02. The molecule has 0 aromatic heterocycles. The molecule has 0 bridgehead atoms. The van der Waals surface area contributed by atoms with Crippen LogP contribution >= 0.6 is 0 Å². The predicted molar refractivity (Wildman–Crippen MR) is 78.6 cm³/mol. The highest BCUT2D eigenvalue weighted by Crippen LogP contribution is 2.10. The van der Waals surface area contributed by atoms with Gasteiger partial charge in [-0.2, -0.15) is 0 Å². The van der Waals surface area contributed by atoms with E-state index in [0.29, 0.717) is 13.2 Å². The van der Waals surface area contributed by atoms with Gasteiger partial charge in [0.1, 0.15) is 0 Å².